The van der Waals surface area contributed by atoms with E-state index in [-0.39, 0.29) is 18.4 Å². The van der Waals surface area contributed by atoms with Crippen molar-refractivity contribution in [3.8, 4) is 0 Å². The number of carbonyl (C=O) groups excluding carboxylic acids is 3. The van der Waals surface area contributed by atoms with E-state index in [1.165, 1.54) is 0 Å². The van der Waals surface area contributed by atoms with Crippen LogP contribution in [0.3, 0.4) is 0 Å². The second-order valence-electron chi connectivity index (χ2n) is 7.46. The van der Waals surface area contributed by atoms with E-state index in [1.807, 2.05) is 32.0 Å². The molecule has 0 bridgehead atoms. The zero-order valence-corrected chi connectivity index (χ0v) is 16.7. The number of imide groups is 1. The van der Waals surface area contributed by atoms with Crippen molar-refractivity contribution < 1.29 is 14.4 Å². The summed E-state index contributed by atoms with van der Waals surface area (Å²) in [4.78, 5) is 47.4. The Labute approximate surface area is 165 Å². The van der Waals surface area contributed by atoms with Gasteiger partial charge in [0.1, 0.15) is 17.9 Å². The standard InChI is InChI=1S/C20H29N5O3/c1-3-8-20(9-4-2)18(27)25(19(28)22-20)15-17(26)24-13-11-23(12-14-24)16-7-5-6-10-21-16/h5-7,10H,3-4,8-9,11-15H2,1-2H3,(H,22,28). The molecule has 2 saturated heterocycles. The van der Waals surface area contributed by atoms with Crippen molar-refractivity contribution in [2.24, 2.45) is 0 Å². The van der Waals surface area contributed by atoms with Gasteiger partial charge in [-0.1, -0.05) is 32.8 Å². The number of amides is 4. The molecule has 4 amide bonds. The highest BCUT2D eigenvalue weighted by atomic mass is 16.2. The first-order chi connectivity index (χ1) is 13.5. The molecule has 1 N–H and O–H groups in total. The summed E-state index contributed by atoms with van der Waals surface area (Å²) in [6, 6.07) is 5.31. The summed E-state index contributed by atoms with van der Waals surface area (Å²) >= 11 is 0. The van der Waals surface area contributed by atoms with Crippen molar-refractivity contribution >= 4 is 23.7 Å². The van der Waals surface area contributed by atoms with Crippen molar-refractivity contribution in [3.05, 3.63) is 24.4 Å². The first kappa shape index (κ1) is 20.1. The predicted molar refractivity (Wildman–Crippen MR) is 106 cm³/mol. The molecular formula is C20H29N5O3. The molecule has 28 heavy (non-hydrogen) atoms. The number of piperazine rings is 1. The van der Waals surface area contributed by atoms with E-state index in [1.54, 1.807) is 11.1 Å². The summed E-state index contributed by atoms with van der Waals surface area (Å²) in [5, 5.41) is 2.86. The number of urea groups is 1. The van der Waals surface area contributed by atoms with Crippen LogP contribution in [0.15, 0.2) is 24.4 Å². The maximum Gasteiger partial charge on any atom is 0.325 e. The molecule has 0 saturated carbocycles. The Morgan fingerprint density at radius 1 is 1.11 bits per heavy atom. The van der Waals surface area contributed by atoms with E-state index in [2.05, 4.69) is 15.2 Å². The maximum atomic E-state index is 12.9. The van der Waals surface area contributed by atoms with Gasteiger partial charge in [-0.2, -0.15) is 0 Å². The quantitative estimate of drug-likeness (QED) is 0.719. The van der Waals surface area contributed by atoms with E-state index in [0.717, 1.165) is 23.6 Å². The van der Waals surface area contributed by atoms with E-state index >= 15 is 0 Å². The highest BCUT2D eigenvalue weighted by molar-refractivity contribution is 6.09. The highest BCUT2D eigenvalue weighted by Gasteiger charge is 2.50. The third-order valence-electron chi connectivity index (χ3n) is 5.50. The molecule has 1 aromatic heterocycles. The minimum Gasteiger partial charge on any atom is -0.353 e. The summed E-state index contributed by atoms with van der Waals surface area (Å²) < 4.78 is 0. The summed E-state index contributed by atoms with van der Waals surface area (Å²) in [6.45, 7) is 6.25. The van der Waals surface area contributed by atoms with Gasteiger partial charge in [0.15, 0.2) is 0 Å². The van der Waals surface area contributed by atoms with E-state index in [0.29, 0.717) is 39.0 Å². The van der Waals surface area contributed by atoms with Gasteiger partial charge in [-0.15, -0.1) is 0 Å². The molecule has 2 aliphatic heterocycles. The third kappa shape index (κ3) is 3.95. The lowest BCUT2D eigenvalue weighted by molar-refractivity contribution is -0.139. The average molecular weight is 387 g/mol. The largest absolute Gasteiger partial charge is 0.353 e. The minimum absolute atomic E-state index is 0.187. The zero-order valence-electron chi connectivity index (χ0n) is 16.7. The number of anilines is 1. The monoisotopic (exact) mass is 387 g/mol. The molecule has 0 spiro atoms. The fourth-order valence-electron chi connectivity index (χ4n) is 4.10. The average Bonchev–Trinajstić information content (AvgIpc) is 2.93. The van der Waals surface area contributed by atoms with Gasteiger partial charge in [-0.05, 0) is 25.0 Å². The molecule has 2 aliphatic rings. The lowest BCUT2D eigenvalue weighted by Gasteiger charge is -2.36. The van der Waals surface area contributed by atoms with Crippen molar-refractivity contribution in [1.29, 1.82) is 0 Å². The Kier molecular flexibility index (Phi) is 6.16. The van der Waals surface area contributed by atoms with Gasteiger partial charge in [0, 0.05) is 32.4 Å². The van der Waals surface area contributed by atoms with Gasteiger partial charge >= 0.3 is 6.03 Å². The van der Waals surface area contributed by atoms with Crippen LogP contribution < -0.4 is 10.2 Å². The van der Waals surface area contributed by atoms with Gasteiger partial charge in [0.25, 0.3) is 5.91 Å². The van der Waals surface area contributed by atoms with Gasteiger partial charge in [0.05, 0.1) is 0 Å². The molecule has 0 atom stereocenters. The number of rotatable bonds is 7. The Balaban J connectivity index is 1.59. The summed E-state index contributed by atoms with van der Waals surface area (Å²) in [5.74, 6) is 0.447. The van der Waals surface area contributed by atoms with Gasteiger partial charge in [-0.25, -0.2) is 9.78 Å². The number of carbonyl (C=O) groups is 3. The van der Waals surface area contributed by atoms with E-state index < -0.39 is 11.6 Å². The molecule has 0 aromatic carbocycles. The van der Waals surface area contributed by atoms with E-state index in [9.17, 15) is 14.4 Å². The number of pyridine rings is 1. The Morgan fingerprint density at radius 3 is 2.36 bits per heavy atom. The lowest BCUT2D eigenvalue weighted by atomic mass is 9.88. The minimum atomic E-state index is -0.849. The first-order valence-corrected chi connectivity index (χ1v) is 10.1. The SMILES string of the molecule is CCCC1(CCC)NC(=O)N(CC(=O)N2CCN(c3ccccn3)CC2)C1=O. The normalized spacial score (nSPS) is 19.1. The first-order valence-electron chi connectivity index (χ1n) is 10.1. The molecule has 0 aliphatic carbocycles. The van der Waals surface area contributed by atoms with Gasteiger partial charge < -0.3 is 15.1 Å². The van der Waals surface area contributed by atoms with Gasteiger partial charge in [0.2, 0.25) is 5.91 Å². The molecule has 0 radical (unpaired) electrons. The smallest absolute Gasteiger partial charge is 0.325 e. The Morgan fingerprint density at radius 2 is 1.79 bits per heavy atom. The molecular weight excluding hydrogens is 358 g/mol. The van der Waals surface area contributed by atoms with Crippen molar-refractivity contribution in [2.75, 3.05) is 37.6 Å². The van der Waals surface area contributed by atoms with Crippen LogP contribution in [-0.2, 0) is 9.59 Å². The number of hydrogen-bond acceptors (Lipinski definition) is 5. The fraction of sp³-hybridized carbons (Fsp3) is 0.600. The molecule has 2 fully saturated rings. The predicted octanol–water partition coefficient (Wildman–Crippen LogP) is 1.62. The fourth-order valence-corrected chi connectivity index (χ4v) is 4.10. The molecule has 0 unspecified atom stereocenters. The summed E-state index contributed by atoms with van der Waals surface area (Å²) in [6.07, 6.45) is 4.54. The van der Waals surface area contributed by atoms with Crippen LogP contribution in [0, 0.1) is 0 Å². The van der Waals surface area contributed by atoms with Crippen LogP contribution in [0.1, 0.15) is 39.5 Å². The van der Waals surface area contributed by atoms with Gasteiger partial charge in [-0.3, -0.25) is 14.5 Å². The topological polar surface area (TPSA) is 85.8 Å². The number of nitrogens with zero attached hydrogens (tertiary/aromatic N) is 4. The lowest BCUT2D eigenvalue weighted by Crippen LogP contribution is -2.52. The van der Waals surface area contributed by atoms with Crippen LogP contribution in [0.4, 0.5) is 10.6 Å². The van der Waals surface area contributed by atoms with E-state index in [4.69, 9.17) is 0 Å². The molecule has 3 rings (SSSR count). The number of aromatic nitrogens is 1. The second kappa shape index (κ2) is 8.58. The highest BCUT2D eigenvalue weighted by Crippen LogP contribution is 2.28. The van der Waals surface area contributed by atoms with Crippen LogP contribution in [0.2, 0.25) is 0 Å². The third-order valence-corrected chi connectivity index (χ3v) is 5.50. The van der Waals surface area contributed by atoms with Crippen LogP contribution in [0.5, 0.6) is 0 Å². The van der Waals surface area contributed by atoms with Crippen molar-refractivity contribution in [1.82, 2.24) is 20.1 Å². The van der Waals surface area contributed by atoms with Crippen LogP contribution >= 0.6 is 0 Å². The Bertz CT molecular complexity index is 710. The Hall–Kier alpha value is -2.64. The summed E-state index contributed by atoms with van der Waals surface area (Å²) in [7, 11) is 0. The number of nitrogens with one attached hydrogen (secondary N) is 1. The molecule has 152 valence electrons. The number of hydrogen-bond donors (Lipinski definition) is 1. The second-order valence-corrected chi connectivity index (χ2v) is 7.46. The maximum absolute atomic E-state index is 12.9. The van der Waals surface area contributed by atoms with Crippen LogP contribution in [-0.4, -0.2) is 70.9 Å². The van der Waals surface area contributed by atoms with Crippen molar-refractivity contribution in [3.63, 3.8) is 0 Å². The summed E-state index contributed by atoms with van der Waals surface area (Å²) in [5.41, 5.74) is -0.849. The molecule has 1 aromatic rings. The molecule has 8 heteroatoms. The van der Waals surface area contributed by atoms with Crippen LogP contribution in [0.25, 0.3) is 0 Å². The zero-order chi connectivity index (χ0) is 20.1. The molecule has 8 nitrogen and oxygen atoms in total. The van der Waals surface area contributed by atoms with Crippen molar-refractivity contribution in [2.45, 2.75) is 45.1 Å². The molecule has 3 heterocycles.